The van der Waals surface area contributed by atoms with E-state index in [-0.39, 0.29) is 30.5 Å². The van der Waals surface area contributed by atoms with Gasteiger partial charge in [-0.15, -0.1) is 11.3 Å². The molecule has 3 rings (SSSR count). The highest BCUT2D eigenvalue weighted by Crippen LogP contribution is 2.25. The molecule has 8 nitrogen and oxygen atoms in total. The van der Waals surface area contributed by atoms with Gasteiger partial charge in [-0.1, -0.05) is 12.1 Å². The predicted molar refractivity (Wildman–Crippen MR) is 95.8 cm³/mol. The lowest BCUT2D eigenvalue weighted by molar-refractivity contribution is -0.385. The number of hydrogen-bond acceptors (Lipinski definition) is 7. The van der Waals surface area contributed by atoms with E-state index in [9.17, 15) is 14.9 Å². The molecule has 1 amide bonds. The van der Waals surface area contributed by atoms with Gasteiger partial charge in [0.25, 0.3) is 5.91 Å². The van der Waals surface area contributed by atoms with Crippen molar-refractivity contribution in [3.63, 3.8) is 0 Å². The molecule has 2 heterocycles. The molecule has 0 fully saturated rings. The van der Waals surface area contributed by atoms with Crippen molar-refractivity contribution in [2.45, 2.75) is 6.54 Å². The van der Waals surface area contributed by atoms with E-state index in [2.05, 4.69) is 15.3 Å². The van der Waals surface area contributed by atoms with Crippen molar-refractivity contribution >= 4 is 22.9 Å². The SMILES string of the molecule is O=C(COc1ccccc1[N+](=O)[O-])NCc1csc(-c2cccnc2)n1. The van der Waals surface area contributed by atoms with Crippen LogP contribution >= 0.6 is 11.3 Å². The maximum Gasteiger partial charge on any atom is 0.310 e. The first-order chi connectivity index (χ1) is 12.6. The van der Waals surface area contributed by atoms with Crippen LogP contribution in [0.5, 0.6) is 5.75 Å². The van der Waals surface area contributed by atoms with E-state index in [0.29, 0.717) is 5.69 Å². The van der Waals surface area contributed by atoms with Crippen LogP contribution in [0.25, 0.3) is 10.6 Å². The highest BCUT2D eigenvalue weighted by molar-refractivity contribution is 7.13. The van der Waals surface area contributed by atoms with E-state index in [4.69, 9.17) is 4.74 Å². The molecule has 9 heteroatoms. The first-order valence-electron chi connectivity index (χ1n) is 7.61. The number of nitrogens with zero attached hydrogens (tertiary/aromatic N) is 3. The highest BCUT2D eigenvalue weighted by atomic mass is 32.1. The molecule has 0 radical (unpaired) electrons. The number of nitro benzene ring substituents is 1. The zero-order valence-corrected chi connectivity index (χ0v) is 14.3. The minimum atomic E-state index is -0.553. The second-order valence-corrected chi connectivity index (χ2v) is 6.03. The lowest BCUT2D eigenvalue weighted by Crippen LogP contribution is -2.28. The van der Waals surface area contributed by atoms with Crippen LogP contribution in [-0.4, -0.2) is 27.4 Å². The molecule has 2 aromatic heterocycles. The standard InChI is InChI=1S/C17H14N4O4S/c22-16(10-25-15-6-2-1-5-14(15)21(23)24)19-9-13-11-26-17(20-13)12-4-3-7-18-8-12/h1-8,11H,9-10H2,(H,19,22). The summed E-state index contributed by atoms with van der Waals surface area (Å²) in [5.41, 5.74) is 1.45. The number of carbonyl (C=O) groups is 1. The van der Waals surface area contributed by atoms with E-state index < -0.39 is 4.92 Å². The maximum absolute atomic E-state index is 11.9. The van der Waals surface area contributed by atoms with E-state index in [0.717, 1.165) is 10.6 Å². The molecule has 0 aliphatic heterocycles. The Bertz CT molecular complexity index is 914. The van der Waals surface area contributed by atoms with Gasteiger partial charge in [0, 0.05) is 29.4 Å². The number of nitro groups is 1. The van der Waals surface area contributed by atoms with Gasteiger partial charge in [-0.25, -0.2) is 4.98 Å². The molecule has 1 N–H and O–H groups in total. The summed E-state index contributed by atoms with van der Waals surface area (Å²) in [7, 11) is 0. The second-order valence-electron chi connectivity index (χ2n) is 5.18. The Labute approximate surface area is 152 Å². The van der Waals surface area contributed by atoms with Gasteiger partial charge in [0.15, 0.2) is 12.4 Å². The predicted octanol–water partition coefficient (Wildman–Crippen LogP) is 2.81. The van der Waals surface area contributed by atoms with Gasteiger partial charge >= 0.3 is 5.69 Å². The van der Waals surface area contributed by atoms with E-state index in [1.165, 1.54) is 29.5 Å². The Morgan fingerprint density at radius 1 is 1.27 bits per heavy atom. The summed E-state index contributed by atoms with van der Waals surface area (Å²) in [5.74, 6) is -0.334. The van der Waals surface area contributed by atoms with Crippen molar-refractivity contribution in [2.24, 2.45) is 0 Å². The molecule has 0 saturated carbocycles. The third-order valence-corrected chi connectivity index (χ3v) is 4.29. The average molecular weight is 370 g/mol. The molecular weight excluding hydrogens is 356 g/mol. The molecule has 0 aliphatic rings. The van der Waals surface area contributed by atoms with Crippen LogP contribution in [0, 0.1) is 10.1 Å². The van der Waals surface area contributed by atoms with Gasteiger partial charge in [-0.2, -0.15) is 0 Å². The van der Waals surface area contributed by atoms with Crippen LogP contribution in [0.3, 0.4) is 0 Å². The molecule has 26 heavy (non-hydrogen) atoms. The van der Waals surface area contributed by atoms with Crippen molar-refractivity contribution in [1.82, 2.24) is 15.3 Å². The number of nitrogens with one attached hydrogen (secondary N) is 1. The highest BCUT2D eigenvalue weighted by Gasteiger charge is 2.15. The zero-order chi connectivity index (χ0) is 18.4. The number of pyridine rings is 1. The number of benzene rings is 1. The maximum atomic E-state index is 11.9. The normalized spacial score (nSPS) is 10.3. The zero-order valence-electron chi connectivity index (χ0n) is 13.5. The molecule has 3 aromatic rings. The quantitative estimate of drug-likeness (QED) is 0.506. The Morgan fingerprint density at radius 3 is 2.88 bits per heavy atom. The third-order valence-electron chi connectivity index (χ3n) is 3.35. The molecule has 0 spiro atoms. The summed E-state index contributed by atoms with van der Waals surface area (Å²) in [6.07, 6.45) is 3.41. The van der Waals surface area contributed by atoms with Crippen molar-refractivity contribution in [2.75, 3.05) is 6.61 Å². The smallest absolute Gasteiger partial charge is 0.310 e. The largest absolute Gasteiger partial charge is 0.477 e. The topological polar surface area (TPSA) is 107 Å². The number of aromatic nitrogens is 2. The summed E-state index contributed by atoms with van der Waals surface area (Å²) in [6, 6.07) is 9.66. The van der Waals surface area contributed by atoms with Gasteiger partial charge in [0.1, 0.15) is 5.01 Å². The lowest BCUT2D eigenvalue weighted by atomic mass is 10.3. The van der Waals surface area contributed by atoms with E-state index >= 15 is 0 Å². The number of carbonyl (C=O) groups excluding carboxylic acids is 1. The van der Waals surface area contributed by atoms with Crippen LogP contribution in [0.15, 0.2) is 54.2 Å². The van der Waals surface area contributed by atoms with Gasteiger partial charge in [0.05, 0.1) is 17.2 Å². The molecule has 1 aromatic carbocycles. The van der Waals surface area contributed by atoms with Crippen molar-refractivity contribution in [3.8, 4) is 16.3 Å². The lowest BCUT2D eigenvalue weighted by Gasteiger charge is -2.06. The number of ether oxygens (including phenoxy) is 1. The van der Waals surface area contributed by atoms with Gasteiger partial charge in [-0.3, -0.25) is 19.9 Å². The van der Waals surface area contributed by atoms with E-state index in [1.807, 2.05) is 17.5 Å². The van der Waals surface area contributed by atoms with Gasteiger partial charge < -0.3 is 10.1 Å². The first kappa shape index (κ1) is 17.5. The molecular formula is C17H14N4O4S. The number of hydrogen-bond donors (Lipinski definition) is 1. The Balaban J connectivity index is 1.52. The fourth-order valence-electron chi connectivity index (χ4n) is 2.12. The molecule has 0 saturated heterocycles. The summed E-state index contributed by atoms with van der Waals surface area (Å²) in [4.78, 5) is 30.8. The monoisotopic (exact) mass is 370 g/mol. The van der Waals surface area contributed by atoms with Crippen LogP contribution in [0.2, 0.25) is 0 Å². The van der Waals surface area contributed by atoms with Crippen LogP contribution in [-0.2, 0) is 11.3 Å². The summed E-state index contributed by atoms with van der Waals surface area (Å²) < 4.78 is 5.24. The number of para-hydroxylation sites is 2. The fraction of sp³-hybridized carbons (Fsp3) is 0.118. The molecule has 0 aliphatic carbocycles. The Kier molecular flexibility index (Phi) is 5.49. The number of rotatable bonds is 7. The first-order valence-corrected chi connectivity index (χ1v) is 8.49. The van der Waals surface area contributed by atoms with Crippen molar-refractivity contribution < 1.29 is 14.5 Å². The average Bonchev–Trinajstić information content (AvgIpc) is 3.14. The second kappa shape index (κ2) is 8.17. The Morgan fingerprint density at radius 2 is 2.12 bits per heavy atom. The fourth-order valence-corrected chi connectivity index (χ4v) is 2.93. The van der Waals surface area contributed by atoms with Crippen molar-refractivity contribution in [3.05, 3.63) is 70.0 Å². The minimum Gasteiger partial charge on any atom is -0.477 e. The summed E-state index contributed by atoms with van der Waals surface area (Å²) in [6.45, 7) is -0.0692. The number of amides is 1. The molecule has 132 valence electrons. The van der Waals surface area contributed by atoms with Crippen LogP contribution < -0.4 is 10.1 Å². The molecule has 0 bridgehead atoms. The van der Waals surface area contributed by atoms with Gasteiger partial charge in [-0.05, 0) is 18.2 Å². The molecule has 0 unspecified atom stereocenters. The third kappa shape index (κ3) is 4.39. The van der Waals surface area contributed by atoms with Crippen LogP contribution in [0.4, 0.5) is 5.69 Å². The Hall–Kier alpha value is -3.33. The summed E-state index contributed by atoms with van der Waals surface area (Å²) in [5, 5.41) is 16.3. The van der Waals surface area contributed by atoms with Gasteiger partial charge in [0.2, 0.25) is 0 Å². The summed E-state index contributed by atoms with van der Waals surface area (Å²) >= 11 is 1.46. The van der Waals surface area contributed by atoms with Crippen LogP contribution in [0.1, 0.15) is 5.69 Å². The van der Waals surface area contributed by atoms with E-state index in [1.54, 1.807) is 18.5 Å². The molecule has 0 atom stereocenters. The van der Waals surface area contributed by atoms with Crippen molar-refractivity contribution in [1.29, 1.82) is 0 Å². The number of thiazole rings is 1. The minimum absolute atomic E-state index is 0.0557.